The van der Waals surface area contributed by atoms with Gasteiger partial charge in [-0.3, -0.25) is 19.3 Å². The molecule has 8 nitrogen and oxygen atoms in total. The molecule has 0 radical (unpaired) electrons. The van der Waals surface area contributed by atoms with Crippen LogP contribution in [0.4, 0.5) is 4.79 Å². The second-order valence-electron chi connectivity index (χ2n) is 8.39. The lowest BCUT2D eigenvalue weighted by molar-refractivity contribution is -0.123. The lowest BCUT2D eigenvalue weighted by Gasteiger charge is -2.14. The molecule has 0 unspecified atom stereocenters. The molecule has 0 saturated carbocycles. The van der Waals surface area contributed by atoms with Crippen molar-refractivity contribution in [3.63, 3.8) is 0 Å². The molecule has 38 heavy (non-hydrogen) atoms. The Labute approximate surface area is 225 Å². The number of aryl methyl sites for hydroxylation is 1. The number of thioether (sulfide) groups is 1. The summed E-state index contributed by atoms with van der Waals surface area (Å²) in [5.74, 6) is 1.61. The number of hydrogen-bond donors (Lipinski definition) is 0. The molecule has 9 heteroatoms. The summed E-state index contributed by atoms with van der Waals surface area (Å²) in [5.41, 5.74) is 3.20. The molecule has 0 aliphatic carbocycles. The number of benzene rings is 3. The van der Waals surface area contributed by atoms with E-state index in [0.717, 1.165) is 29.2 Å². The molecule has 1 aliphatic heterocycles. The van der Waals surface area contributed by atoms with Crippen molar-refractivity contribution >= 4 is 35.3 Å². The monoisotopic (exact) mass is 533 g/mol. The Kier molecular flexibility index (Phi) is 8.70. The van der Waals surface area contributed by atoms with Crippen molar-refractivity contribution in [2.75, 3.05) is 27.4 Å². The fourth-order valence-corrected chi connectivity index (χ4v) is 4.58. The van der Waals surface area contributed by atoms with Crippen molar-refractivity contribution in [2.24, 2.45) is 0 Å². The number of hydrogen-bond acceptors (Lipinski definition) is 8. The van der Waals surface area contributed by atoms with Gasteiger partial charge in [-0.1, -0.05) is 35.9 Å². The van der Waals surface area contributed by atoms with E-state index in [2.05, 4.69) is 0 Å². The molecule has 0 aromatic heterocycles. The molecule has 0 bridgehead atoms. The highest BCUT2D eigenvalue weighted by Gasteiger charge is 2.35. The fourth-order valence-electron chi connectivity index (χ4n) is 3.74. The summed E-state index contributed by atoms with van der Waals surface area (Å²) in [6.07, 6.45) is 2.41. The van der Waals surface area contributed by atoms with Crippen LogP contribution in [0.2, 0.25) is 0 Å². The number of ether oxygens (including phenoxy) is 4. The first-order valence-electron chi connectivity index (χ1n) is 11.8. The molecular weight excluding hydrogens is 506 g/mol. The maximum atomic E-state index is 12.9. The van der Waals surface area contributed by atoms with Crippen LogP contribution < -0.4 is 18.9 Å². The third kappa shape index (κ3) is 6.36. The van der Waals surface area contributed by atoms with Crippen LogP contribution in [0.1, 0.15) is 27.0 Å². The molecule has 1 saturated heterocycles. The third-order valence-electron chi connectivity index (χ3n) is 5.74. The van der Waals surface area contributed by atoms with Gasteiger partial charge < -0.3 is 18.9 Å². The summed E-state index contributed by atoms with van der Waals surface area (Å²) >= 11 is 0.917. The van der Waals surface area contributed by atoms with Crippen molar-refractivity contribution in [1.29, 1.82) is 0 Å². The van der Waals surface area contributed by atoms with E-state index in [4.69, 9.17) is 18.9 Å². The lowest BCUT2D eigenvalue weighted by Crippen LogP contribution is -2.27. The van der Waals surface area contributed by atoms with E-state index in [1.165, 1.54) is 19.1 Å². The van der Waals surface area contributed by atoms with E-state index >= 15 is 0 Å². The minimum absolute atomic E-state index is 0.228. The highest BCUT2D eigenvalue weighted by atomic mass is 32.2. The zero-order chi connectivity index (χ0) is 27.1. The molecule has 0 atom stereocenters. The Morgan fingerprint density at radius 3 is 1.95 bits per heavy atom. The van der Waals surface area contributed by atoms with Gasteiger partial charge >= 0.3 is 0 Å². The van der Waals surface area contributed by atoms with Gasteiger partial charge in [-0.05, 0) is 66.2 Å². The smallest absolute Gasteiger partial charge is 0.293 e. The molecular formula is C29H27NO7S. The molecule has 3 aromatic rings. The maximum absolute atomic E-state index is 12.9. The average molecular weight is 534 g/mol. The number of methoxy groups -OCH3 is 2. The molecule has 0 spiro atoms. The predicted molar refractivity (Wildman–Crippen MR) is 145 cm³/mol. The molecule has 1 heterocycles. The van der Waals surface area contributed by atoms with Crippen LogP contribution in [0.15, 0.2) is 65.6 Å². The maximum Gasteiger partial charge on any atom is 0.293 e. The molecule has 1 aliphatic rings. The van der Waals surface area contributed by atoms with Gasteiger partial charge in [0.2, 0.25) is 0 Å². The number of aldehydes is 1. The summed E-state index contributed by atoms with van der Waals surface area (Å²) in [6.45, 7) is 2.68. The van der Waals surface area contributed by atoms with Gasteiger partial charge in [-0.25, -0.2) is 0 Å². The van der Waals surface area contributed by atoms with Gasteiger partial charge in [-0.15, -0.1) is 0 Å². The first kappa shape index (κ1) is 26.8. The highest BCUT2D eigenvalue weighted by Crippen LogP contribution is 2.35. The molecule has 0 N–H and O–H groups in total. The molecule has 196 valence electrons. The summed E-state index contributed by atoms with van der Waals surface area (Å²) in [7, 11) is 3.03. The fraction of sp³-hybridized carbons (Fsp3) is 0.207. The lowest BCUT2D eigenvalue weighted by atomic mass is 10.1. The zero-order valence-corrected chi connectivity index (χ0v) is 22.1. The Morgan fingerprint density at radius 1 is 0.789 bits per heavy atom. The third-order valence-corrected chi connectivity index (χ3v) is 6.65. The highest BCUT2D eigenvalue weighted by molar-refractivity contribution is 8.18. The van der Waals surface area contributed by atoms with E-state index in [0.29, 0.717) is 39.0 Å². The van der Waals surface area contributed by atoms with Crippen molar-refractivity contribution in [1.82, 2.24) is 4.90 Å². The summed E-state index contributed by atoms with van der Waals surface area (Å²) < 4.78 is 22.3. The number of rotatable bonds is 11. The van der Waals surface area contributed by atoms with Crippen LogP contribution >= 0.6 is 11.8 Å². The van der Waals surface area contributed by atoms with Crippen LogP contribution in [0.25, 0.3) is 6.08 Å². The van der Waals surface area contributed by atoms with Crippen LogP contribution in [0.3, 0.4) is 0 Å². The van der Waals surface area contributed by atoms with Crippen LogP contribution in [0.5, 0.6) is 23.0 Å². The van der Waals surface area contributed by atoms with Crippen LogP contribution in [-0.2, 0) is 11.3 Å². The first-order chi connectivity index (χ1) is 18.4. The zero-order valence-electron chi connectivity index (χ0n) is 21.3. The van der Waals surface area contributed by atoms with E-state index in [-0.39, 0.29) is 30.9 Å². The van der Waals surface area contributed by atoms with Crippen molar-refractivity contribution in [3.8, 4) is 23.0 Å². The number of imide groups is 1. The van der Waals surface area contributed by atoms with Gasteiger partial charge in [0, 0.05) is 5.56 Å². The van der Waals surface area contributed by atoms with Gasteiger partial charge in [-0.2, -0.15) is 0 Å². The Hall–Kier alpha value is -4.24. The number of nitrogens with zero attached hydrogens (tertiary/aromatic N) is 1. The van der Waals surface area contributed by atoms with Crippen LogP contribution in [0, 0.1) is 6.92 Å². The normalized spacial score (nSPS) is 14.1. The molecule has 2 amide bonds. The van der Waals surface area contributed by atoms with Gasteiger partial charge in [0.15, 0.2) is 23.0 Å². The van der Waals surface area contributed by atoms with E-state index in [9.17, 15) is 14.4 Å². The second-order valence-corrected chi connectivity index (χ2v) is 9.38. The van der Waals surface area contributed by atoms with Crippen molar-refractivity contribution in [2.45, 2.75) is 13.5 Å². The molecule has 1 fully saturated rings. The molecule has 4 rings (SSSR count). The summed E-state index contributed by atoms with van der Waals surface area (Å²) in [4.78, 5) is 37.9. The minimum atomic E-state index is -0.325. The Bertz CT molecular complexity index is 1370. The van der Waals surface area contributed by atoms with E-state index < -0.39 is 0 Å². The Morgan fingerprint density at radius 2 is 1.37 bits per heavy atom. The van der Waals surface area contributed by atoms with Gasteiger partial charge in [0.05, 0.1) is 25.7 Å². The summed E-state index contributed by atoms with van der Waals surface area (Å²) in [6, 6.07) is 17.9. The topological polar surface area (TPSA) is 91.4 Å². The first-order valence-corrected chi connectivity index (χ1v) is 12.6. The largest absolute Gasteiger partial charge is 0.493 e. The van der Waals surface area contributed by atoms with Gasteiger partial charge in [0.1, 0.15) is 19.5 Å². The van der Waals surface area contributed by atoms with Crippen LogP contribution in [-0.4, -0.2) is 49.8 Å². The predicted octanol–water partition coefficient (Wildman–Crippen LogP) is 5.52. The van der Waals surface area contributed by atoms with E-state index in [1.54, 1.807) is 42.5 Å². The number of carbonyl (C=O) groups excluding carboxylic acids is 3. The van der Waals surface area contributed by atoms with E-state index in [1.807, 2.05) is 31.2 Å². The quantitative estimate of drug-likeness (QED) is 0.181. The summed E-state index contributed by atoms with van der Waals surface area (Å²) in [5, 5.41) is -0.300. The standard InChI is InChI=1S/C29H27NO7S/c1-19-4-6-20(7-5-19)17-30-28(32)27(38-29(30)33)16-21-8-10-23(25(14-21)34-2)36-12-13-37-24-11-9-22(18-31)15-26(24)35-3/h4-11,14-16,18H,12-13,17H2,1-3H3/b27-16-. The van der Waals surface area contributed by atoms with Crippen molar-refractivity contribution in [3.05, 3.63) is 87.8 Å². The van der Waals surface area contributed by atoms with Crippen molar-refractivity contribution < 1.29 is 33.3 Å². The molecule has 3 aromatic carbocycles. The minimum Gasteiger partial charge on any atom is -0.493 e. The number of carbonyl (C=O) groups is 3. The Balaban J connectivity index is 1.38. The second kappa shape index (κ2) is 12.3. The average Bonchev–Trinajstić information content (AvgIpc) is 3.19. The number of amides is 2. The SMILES string of the molecule is COc1cc(C=O)ccc1OCCOc1ccc(/C=C2\SC(=O)N(Cc3ccc(C)cc3)C2=O)cc1OC. The van der Waals surface area contributed by atoms with Gasteiger partial charge in [0.25, 0.3) is 11.1 Å².